The van der Waals surface area contributed by atoms with E-state index in [0.717, 1.165) is 0 Å². The third kappa shape index (κ3) is 1.41. The molecule has 0 aliphatic carbocycles. The van der Waals surface area contributed by atoms with Crippen LogP contribution in [-0.2, 0) is 4.74 Å². The van der Waals surface area contributed by atoms with Gasteiger partial charge in [0.15, 0.2) is 0 Å². The highest BCUT2D eigenvalue weighted by Crippen LogP contribution is 2.17. The fourth-order valence-electron chi connectivity index (χ4n) is 0.881. The minimum Gasteiger partial charge on any atom is -0.390 e. The topological polar surface area (TPSA) is 49.7 Å². The van der Waals surface area contributed by atoms with E-state index in [9.17, 15) is 5.11 Å². The zero-order valence-corrected chi connectivity index (χ0v) is 5.50. The summed E-state index contributed by atoms with van der Waals surface area (Å²) in [6.07, 6.45) is -0.0845. The minimum absolute atomic E-state index is 0.244. The molecule has 0 radical (unpaired) electrons. The van der Waals surface area contributed by atoms with E-state index in [0.29, 0.717) is 13.0 Å². The lowest BCUT2D eigenvalue weighted by atomic mass is 9.96. The molecule has 3 nitrogen and oxygen atoms in total. The molecule has 1 aliphatic rings. The first-order valence-electron chi connectivity index (χ1n) is 3.11. The molecule has 0 aromatic carbocycles. The van der Waals surface area contributed by atoms with Gasteiger partial charge in [-0.05, 0) is 13.3 Å². The predicted molar refractivity (Wildman–Crippen MR) is 32.1 cm³/mol. The van der Waals surface area contributed by atoms with Gasteiger partial charge in [0, 0.05) is 6.61 Å². The van der Waals surface area contributed by atoms with Gasteiger partial charge < -0.3 is 14.9 Å². The van der Waals surface area contributed by atoms with E-state index < -0.39 is 11.7 Å². The van der Waals surface area contributed by atoms with Crippen molar-refractivity contribution in [2.24, 2.45) is 0 Å². The van der Waals surface area contributed by atoms with Crippen LogP contribution in [0.2, 0.25) is 0 Å². The Morgan fingerprint density at radius 1 is 1.67 bits per heavy atom. The second-order valence-electron chi connectivity index (χ2n) is 2.71. The van der Waals surface area contributed by atoms with Crippen LogP contribution in [0.5, 0.6) is 0 Å². The van der Waals surface area contributed by atoms with Crippen molar-refractivity contribution in [1.82, 2.24) is 0 Å². The van der Waals surface area contributed by atoms with Crippen LogP contribution in [0.15, 0.2) is 0 Å². The Labute approximate surface area is 54.3 Å². The average molecular weight is 132 g/mol. The molecule has 9 heavy (non-hydrogen) atoms. The lowest BCUT2D eigenvalue weighted by molar-refractivity contribution is -0.148. The molecule has 0 bridgehead atoms. The van der Waals surface area contributed by atoms with Gasteiger partial charge in [-0.3, -0.25) is 0 Å². The Hall–Kier alpha value is -0.120. The fraction of sp³-hybridized carbons (Fsp3) is 1.00. The summed E-state index contributed by atoms with van der Waals surface area (Å²) >= 11 is 0. The number of ether oxygens (including phenoxy) is 1. The first-order chi connectivity index (χ1) is 4.13. The Morgan fingerprint density at radius 2 is 2.33 bits per heavy atom. The van der Waals surface area contributed by atoms with Crippen LogP contribution in [-0.4, -0.2) is 35.1 Å². The van der Waals surface area contributed by atoms with Crippen molar-refractivity contribution >= 4 is 0 Å². The molecular weight excluding hydrogens is 120 g/mol. The molecule has 0 unspecified atom stereocenters. The van der Waals surface area contributed by atoms with Crippen molar-refractivity contribution in [3.8, 4) is 0 Å². The molecule has 2 atom stereocenters. The van der Waals surface area contributed by atoms with Crippen molar-refractivity contribution in [3.05, 3.63) is 0 Å². The molecule has 2 N–H and O–H groups in total. The number of aliphatic hydroxyl groups is 2. The summed E-state index contributed by atoms with van der Waals surface area (Å²) in [5.41, 5.74) is -1.03. The molecule has 0 spiro atoms. The number of hydrogen-bond acceptors (Lipinski definition) is 3. The lowest BCUT2D eigenvalue weighted by Gasteiger charge is -2.32. The fourth-order valence-corrected chi connectivity index (χ4v) is 0.881. The second kappa shape index (κ2) is 2.25. The maximum Gasteiger partial charge on any atom is 0.111 e. The second-order valence-corrected chi connectivity index (χ2v) is 2.71. The van der Waals surface area contributed by atoms with E-state index >= 15 is 0 Å². The summed E-state index contributed by atoms with van der Waals surface area (Å²) in [5, 5.41) is 18.4. The highest BCUT2D eigenvalue weighted by atomic mass is 16.5. The van der Waals surface area contributed by atoms with Crippen LogP contribution < -0.4 is 0 Å². The largest absolute Gasteiger partial charge is 0.390 e. The van der Waals surface area contributed by atoms with Crippen LogP contribution >= 0.6 is 0 Å². The van der Waals surface area contributed by atoms with Crippen LogP contribution in [0.4, 0.5) is 0 Å². The van der Waals surface area contributed by atoms with Gasteiger partial charge in [0.05, 0.1) is 12.7 Å². The monoisotopic (exact) mass is 132 g/mol. The highest BCUT2D eigenvalue weighted by Gasteiger charge is 2.33. The molecule has 0 aromatic heterocycles. The molecular formula is C6H12O3. The third-order valence-corrected chi connectivity index (χ3v) is 1.65. The van der Waals surface area contributed by atoms with Crippen molar-refractivity contribution in [2.45, 2.75) is 25.0 Å². The summed E-state index contributed by atoms with van der Waals surface area (Å²) in [4.78, 5) is 0. The Bertz CT molecular complexity index is 100. The van der Waals surface area contributed by atoms with Crippen molar-refractivity contribution in [3.63, 3.8) is 0 Å². The van der Waals surface area contributed by atoms with Gasteiger partial charge >= 0.3 is 0 Å². The van der Waals surface area contributed by atoms with Gasteiger partial charge in [0.25, 0.3) is 0 Å². The molecule has 1 saturated heterocycles. The molecule has 0 saturated carbocycles. The summed E-state index contributed by atoms with van der Waals surface area (Å²) < 4.78 is 4.95. The van der Waals surface area contributed by atoms with E-state index in [1.54, 1.807) is 6.92 Å². The molecule has 1 aliphatic heterocycles. The van der Waals surface area contributed by atoms with Crippen molar-refractivity contribution in [1.29, 1.82) is 0 Å². The van der Waals surface area contributed by atoms with Crippen molar-refractivity contribution in [2.75, 3.05) is 13.2 Å². The Morgan fingerprint density at radius 3 is 2.67 bits per heavy atom. The predicted octanol–water partition coefficient (Wildman–Crippen LogP) is -0.481. The summed E-state index contributed by atoms with van der Waals surface area (Å²) in [6, 6.07) is 0. The molecule has 1 rings (SSSR count). The van der Waals surface area contributed by atoms with E-state index in [1.165, 1.54) is 0 Å². The van der Waals surface area contributed by atoms with Gasteiger partial charge in [-0.2, -0.15) is 0 Å². The molecule has 54 valence electrons. The summed E-state index contributed by atoms with van der Waals surface area (Å²) in [6.45, 7) is 2.38. The molecule has 1 fully saturated rings. The zero-order chi connectivity index (χ0) is 6.91. The van der Waals surface area contributed by atoms with Gasteiger partial charge in [-0.15, -0.1) is 0 Å². The third-order valence-electron chi connectivity index (χ3n) is 1.65. The number of rotatable bonds is 0. The number of hydrogen-bond donors (Lipinski definition) is 2. The maximum atomic E-state index is 9.27. The number of aliphatic hydroxyl groups excluding tert-OH is 1. The maximum absolute atomic E-state index is 9.27. The first kappa shape index (κ1) is 6.99. The lowest BCUT2D eigenvalue weighted by Crippen LogP contribution is -2.47. The summed E-state index contributed by atoms with van der Waals surface area (Å²) in [5.74, 6) is 0. The van der Waals surface area contributed by atoms with Gasteiger partial charge in [-0.1, -0.05) is 0 Å². The van der Waals surface area contributed by atoms with Gasteiger partial charge in [0.2, 0.25) is 0 Å². The van der Waals surface area contributed by atoms with Crippen LogP contribution in [0.3, 0.4) is 0 Å². The molecule has 1 heterocycles. The minimum atomic E-state index is -1.03. The molecule has 0 amide bonds. The van der Waals surface area contributed by atoms with Gasteiger partial charge in [0.1, 0.15) is 5.60 Å². The Kier molecular flexibility index (Phi) is 1.75. The highest BCUT2D eigenvalue weighted by molar-refractivity contribution is 4.84. The zero-order valence-electron chi connectivity index (χ0n) is 5.50. The summed E-state index contributed by atoms with van der Waals surface area (Å²) in [7, 11) is 0. The first-order valence-corrected chi connectivity index (χ1v) is 3.11. The molecule has 0 aromatic rings. The normalized spacial score (nSPS) is 45.0. The smallest absolute Gasteiger partial charge is 0.111 e. The van der Waals surface area contributed by atoms with Gasteiger partial charge in [-0.25, -0.2) is 0 Å². The molecule has 3 heteroatoms. The van der Waals surface area contributed by atoms with Crippen LogP contribution in [0.1, 0.15) is 13.3 Å². The van der Waals surface area contributed by atoms with Crippen LogP contribution in [0.25, 0.3) is 0 Å². The van der Waals surface area contributed by atoms with E-state index in [-0.39, 0.29) is 6.61 Å². The van der Waals surface area contributed by atoms with Crippen molar-refractivity contribution < 1.29 is 14.9 Å². The van der Waals surface area contributed by atoms with Crippen LogP contribution in [0, 0.1) is 0 Å². The van der Waals surface area contributed by atoms with E-state index in [4.69, 9.17) is 9.84 Å². The van der Waals surface area contributed by atoms with E-state index in [2.05, 4.69) is 0 Å². The quantitative estimate of drug-likeness (QED) is 0.468. The standard InChI is InChI=1S/C6H12O3/c1-6(8)4-9-3-2-5(6)7/h5,7-8H,2-4H2,1H3/t5-,6+/m0/s1. The Balaban J connectivity index is 2.49. The SMILES string of the molecule is C[C@@]1(O)COCC[C@@H]1O. The average Bonchev–Trinajstić information content (AvgIpc) is 1.77. The van der Waals surface area contributed by atoms with E-state index in [1.807, 2.05) is 0 Å².